The summed E-state index contributed by atoms with van der Waals surface area (Å²) in [7, 11) is 0. The monoisotopic (exact) mass is 374 g/mol. The quantitative estimate of drug-likeness (QED) is 0.532. The lowest BCUT2D eigenvalue weighted by Crippen LogP contribution is -2.13. The number of rotatable bonds is 3. The van der Waals surface area contributed by atoms with Gasteiger partial charge in [-0.1, -0.05) is 6.07 Å². The predicted molar refractivity (Wildman–Crippen MR) is 91.8 cm³/mol. The zero-order valence-corrected chi connectivity index (χ0v) is 13.7. The summed E-state index contributed by atoms with van der Waals surface area (Å²) in [5.41, 5.74) is 10.8. The van der Waals surface area contributed by atoms with Crippen LogP contribution in [0.1, 0.15) is 11.1 Å². The van der Waals surface area contributed by atoms with E-state index in [1.54, 1.807) is 18.5 Å². The van der Waals surface area contributed by atoms with E-state index >= 15 is 0 Å². The first kappa shape index (κ1) is 16.8. The summed E-state index contributed by atoms with van der Waals surface area (Å²) in [6, 6.07) is 5.34. The van der Waals surface area contributed by atoms with E-state index in [2.05, 4.69) is 20.2 Å². The van der Waals surface area contributed by atoms with Crippen molar-refractivity contribution in [3.63, 3.8) is 0 Å². The third kappa shape index (κ3) is 3.03. The van der Waals surface area contributed by atoms with Crippen molar-refractivity contribution in [3.8, 4) is 5.82 Å². The maximum atomic E-state index is 13.3. The minimum Gasteiger partial charge on any atom is -0.399 e. The summed E-state index contributed by atoms with van der Waals surface area (Å²) in [6.45, 7) is -0.159. The van der Waals surface area contributed by atoms with E-state index in [0.717, 1.165) is 6.07 Å². The summed E-state index contributed by atoms with van der Waals surface area (Å²) < 4.78 is 42.8. The molecule has 27 heavy (non-hydrogen) atoms. The first-order valence-electron chi connectivity index (χ1n) is 7.77. The van der Waals surface area contributed by atoms with Crippen LogP contribution in [0.15, 0.2) is 42.9 Å². The number of aromatic nitrogens is 6. The van der Waals surface area contributed by atoms with Gasteiger partial charge in [-0.05, 0) is 23.8 Å². The first-order chi connectivity index (χ1) is 12.8. The fourth-order valence-corrected chi connectivity index (χ4v) is 2.80. The molecule has 0 unspecified atom stereocenters. The lowest BCUT2D eigenvalue weighted by molar-refractivity contribution is -0.138. The van der Waals surface area contributed by atoms with E-state index < -0.39 is 11.7 Å². The Balaban J connectivity index is 1.83. The minimum absolute atomic E-state index is 0.0134. The van der Waals surface area contributed by atoms with E-state index in [1.165, 1.54) is 27.7 Å². The molecule has 0 spiro atoms. The largest absolute Gasteiger partial charge is 0.416 e. The molecule has 0 aliphatic rings. The topological polar surface area (TPSA) is 113 Å². The van der Waals surface area contributed by atoms with Gasteiger partial charge in [0.15, 0.2) is 11.5 Å². The molecule has 0 saturated carbocycles. The van der Waals surface area contributed by atoms with E-state index in [9.17, 15) is 13.2 Å². The Hall–Kier alpha value is -3.63. The maximum absolute atomic E-state index is 13.3. The van der Waals surface area contributed by atoms with Gasteiger partial charge in [0.1, 0.15) is 0 Å². The van der Waals surface area contributed by atoms with Gasteiger partial charge in [-0.3, -0.25) is 0 Å². The number of nitrogen functional groups attached to an aromatic ring is 2. The Bertz CT molecular complexity index is 1110. The highest BCUT2D eigenvalue weighted by Crippen LogP contribution is 2.34. The number of alkyl halides is 3. The van der Waals surface area contributed by atoms with Crippen LogP contribution in [0.4, 0.5) is 24.8 Å². The SMILES string of the molecule is Nc1ccc(Cn2ncc3c(-n4cccn4)nc(N)nc32)c(C(F)(F)F)c1. The van der Waals surface area contributed by atoms with Gasteiger partial charge in [-0.25, -0.2) is 9.36 Å². The van der Waals surface area contributed by atoms with Crippen LogP contribution in [0.2, 0.25) is 0 Å². The smallest absolute Gasteiger partial charge is 0.399 e. The Kier molecular flexibility index (Phi) is 3.72. The molecule has 0 radical (unpaired) electrons. The molecule has 0 aliphatic heterocycles. The van der Waals surface area contributed by atoms with E-state index in [4.69, 9.17) is 11.5 Å². The summed E-state index contributed by atoms with van der Waals surface area (Å²) in [5, 5.41) is 8.78. The summed E-state index contributed by atoms with van der Waals surface area (Å²) in [6.07, 6.45) is 0.164. The molecule has 3 aromatic heterocycles. The Morgan fingerprint density at radius 3 is 2.59 bits per heavy atom. The fraction of sp³-hybridized carbons (Fsp3) is 0.125. The van der Waals surface area contributed by atoms with Gasteiger partial charge >= 0.3 is 6.18 Å². The predicted octanol–water partition coefficient (Wildman–Crippen LogP) is 2.24. The molecule has 0 atom stereocenters. The number of hydrogen-bond donors (Lipinski definition) is 2. The van der Waals surface area contributed by atoms with Crippen molar-refractivity contribution in [2.75, 3.05) is 11.5 Å². The van der Waals surface area contributed by atoms with Gasteiger partial charge in [0, 0.05) is 18.1 Å². The Labute approximate surface area is 150 Å². The molecule has 1 aromatic carbocycles. The van der Waals surface area contributed by atoms with Gasteiger partial charge in [0.25, 0.3) is 0 Å². The molecule has 0 saturated heterocycles. The number of nitrogens with two attached hydrogens (primary N) is 2. The maximum Gasteiger partial charge on any atom is 0.416 e. The van der Waals surface area contributed by atoms with Crippen LogP contribution < -0.4 is 11.5 Å². The lowest BCUT2D eigenvalue weighted by atomic mass is 10.1. The molecular formula is C16H13F3N8. The van der Waals surface area contributed by atoms with Crippen molar-refractivity contribution in [1.82, 2.24) is 29.5 Å². The average Bonchev–Trinajstić information content (AvgIpc) is 3.25. The van der Waals surface area contributed by atoms with Crippen molar-refractivity contribution < 1.29 is 13.2 Å². The fourth-order valence-electron chi connectivity index (χ4n) is 2.80. The summed E-state index contributed by atoms with van der Waals surface area (Å²) in [5.74, 6) is 0.352. The summed E-state index contributed by atoms with van der Waals surface area (Å²) >= 11 is 0. The van der Waals surface area contributed by atoms with Crippen LogP contribution in [0.3, 0.4) is 0 Å². The van der Waals surface area contributed by atoms with Gasteiger partial charge in [-0.15, -0.1) is 0 Å². The van der Waals surface area contributed by atoms with Crippen molar-refractivity contribution in [2.45, 2.75) is 12.7 Å². The normalized spacial score (nSPS) is 12.0. The number of nitrogens with zero attached hydrogens (tertiary/aromatic N) is 6. The van der Waals surface area contributed by atoms with Crippen LogP contribution in [0.5, 0.6) is 0 Å². The minimum atomic E-state index is -4.54. The van der Waals surface area contributed by atoms with Gasteiger partial charge in [0.2, 0.25) is 5.95 Å². The van der Waals surface area contributed by atoms with Gasteiger partial charge in [0.05, 0.1) is 23.7 Å². The number of halogens is 3. The number of anilines is 2. The average molecular weight is 374 g/mol. The molecule has 0 bridgehead atoms. The molecule has 8 nitrogen and oxygen atoms in total. The second-order valence-electron chi connectivity index (χ2n) is 5.81. The number of hydrogen-bond acceptors (Lipinski definition) is 6. The highest BCUT2D eigenvalue weighted by Gasteiger charge is 2.33. The molecule has 3 heterocycles. The van der Waals surface area contributed by atoms with Crippen LogP contribution >= 0.6 is 0 Å². The van der Waals surface area contributed by atoms with Crippen molar-refractivity contribution >= 4 is 22.7 Å². The van der Waals surface area contributed by atoms with Crippen molar-refractivity contribution in [3.05, 3.63) is 54.0 Å². The highest BCUT2D eigenvalue weighted by molar-refractivity contribution is 5.83. The molecule has 4 aromatic rings. The van der Waals surface area contributed by atoms with E-state index in [0.29, 0.717) is 16.9 Å². The number of benzene rings is 1. The first-order valence-corrected chi connectivity index (χ1v) is 7.77. The Morgan fingerprint density at radius 1 is 1.07 bits per heavy atom. The highest BCUT2D eigenvalue weighted by atomic mass is 19.4. The van der Waals surface area contributed by atoms with Gasteiger partial charge in [-0.2, -0.15) is 33.3 Å². The van der Waals surface area contributed by atoms with Crippen molar-refractivity contribution in [2.24, 2.45) is 0 Å². The van der Waals surface area contributed by atoms with E-state index in [-0.39, 0.29) is 23.7 Å². The molecule has 4 N–H and O–H groups in total. The van der Waals surface area contributed by atoms with Crippen LogP contribution in [0, 0.1) is 0 Å². The standard InChI is InChI=1S/C16H13F3N8/c17-16(18,19)12-6-10(20)3-2-9(12)8-27-14-11(7-23-27)13(24-15(21)25-14)26-5-1-4-22-26/h1-7H,8,20H2,(H2,21,24,25). The molecule has 4 rings (SSSR count). The van der Waals surface area contributed by atoms with Crippen LogP contribution in [-0.2, 0) is 12.7 Å². The third-order valence-corrected chi connectivity index (χ3v) is 3.97. The van der Waals surface area contributed by atoms with Crippen molar-refractivity contribution in [1.29, 1.82) is 0 Å². The van der Waals surface area contributed by atoms with E-state index in [1.807, 2.05) is 0 Å². The molecule has 0 aliphatic carbocycles. The van der Waals surface area contributed by atoms with Crippen LogP contribution in [-0.4, -0.2) is 29.5 Å². The summed E-state index contributed by atoms with van der Waals surface area (Å²) in [4.78, 5) is 8.28. The molecule has 138 valence electrons. The third-order valence-electron chi connectivity index (χ3n) is 3.97. The number of fused-ring (bicyclic) bond motifs is 1. The second kappa shape index (κ2) is 5.97. The molecular weight excluding hydrogens is 361 g/mol. The Morgan fingerprint density at radius 2 is 1.89 bits per heavy atom. The lowest BCUT2D eigenvalue weighted by Gasteiger charge is -2.14. The zero-order valence-electron chi connectivity index (χ0n) is 13.7. The molecule has 0 amide bonds. The second-order valence-corrected chi connectivity index (χ2v) is 5.81. The zero-order chi connectivity index (χ0) is 19.2. The van der Waals surface area contributed by atoms with Crippen LogP contribution in [0.25, 0.3) is 16.9 Å². The van der Waals surface area contributed by atoms with Gasteiger partial charge < -0.3 is 11.5 Å². The molecule has 0 fully saturated rings. The molecule has 11 heteroatoms.